The van der Waals surface area contributed by atoms with E-state index in [9.17, 15) is 0 Å². The third-order valence-electron chi connectivity index (χ3n) is 8.56. The monoisotopic (exact) mass is 783 g/mol. The van der Waals surface area contributed by atoms with Crippen LogP contribution < -0.4 is 0 Å². The van der Waals surface area contributed by atoms with Crippen molar-refractivity contribution in [1.29, 1.82) is 0 Å². The number of hydrogen-bond acceptors (Lipinski definition) is 6. The maximum absolute atomic E-state index is 6.02. The molecule has 0 saturated carbocycles. The molecule has 0 atom stereocenters. The summed E-state index contributed by atoms with van der Waals surface area (Å²) >= 11 is 0. The van der Waals surface area contributed by atoms with Crippen LogP contribution in [-0.4, -0.2) is 52.6 Å². The molecule has 0 saturated heterocycles. The average Bonchev–Trinajstić information content (AvgIpc) is 3.22. The average molecular weight is 783 g/mol. The van der Waals surface area contributed by atoms with Gasteiger partial charge in [0.05, 0.1) is 39.6 Å². The molecule has 0 amide bonds. The minimum Gasteiger partial charge on any atom is -0.326 e. The molecule has 0 aromatic rings. The van der Waals surface area contributed by atoms with Gasteiger partial charge in [-0.3, -0.25) is 0 Å². The van der Waals surface area contributed by atoms with Gasteiger partial charge < -0.3 is 28.4 Å². The van der Waals surface area contributed by atoms with Gasteiger partial charge in [-0.2, -0.15) is 0 Å². The summed E-state index contributed by atoms with van der Waals surface area (Å²) in [6, 6.07) is 0. The van der Waals surface area contributed by atoms with Gasteiger partial charge in [-0.15, -0.1) is 19.7 Å². The van der Waals surface area contributed by atoms with Crippen LogP contribution in [0.1, 0.15) is 157 Å². The molecule has 0 rings (SSSR count). The van der Waals surface area contributed by atoms with E-state index >= 15 is 0 Å². The molecule has 6 heteroatoms. The number of allylic oxidation sites excluding steroid dienone is 9. The van der Waals surface area contributed by atoms with Crippen molar-refractivity contribution in [2.24, 2.45) is 0 Å². The van der Waals surface area contributed by atoms with Crippen molar-refractivity contribution in [2.75, 3.05) is 39.6 Å². The molecule has 0 aliphatic carbocycles. The fourth-order valence-corrected chi connectivity index (χ4v) is 4.88. The molecular weight excluding hydrogens is 697 g/mol. The number of hydrogen-bond donors (Lipinski definition) is 0. The Morgan fingerprint density at radius 3 is 0.911 bits per heavy atom. The normalized spacial score (nSPS) is 13.7. The summed E-state index contributed by atoms with van der Waals surface area (Å²) in [7, 11) is 0. The quantitative estimate of drug-likeness (QED) is 0.0352. The fourth-order valence-electron chi connectivity index (χ4n) is 4.88. The summed E-state index contributed by atoms with van der Waals surface area (Å²) in [4.78, 5) is 0. The standard InChI is InChI=1S/C25H46O3.C25H40O3/c1-7-13-16-22(10-4)19-26-25(27-20-23(11-5)17-14-8-2)28-21-24(12-6)18-15-9-3;1-4-7-10-13-16-19-22-26-25(27-23-20-17-14-11-8-5-2)28-24-21-18-15-12-9-6-3/h16-18,25H,7-15,19-21H2,1-6H3;4-6,16-21,25H,1-3,7-15,22-24H2. The predicted molar refractivity (Wildman–Crippen MR) is 243 cm³/mol. The van der Waals surface area contributed by atoms with Crippen LogP contribution in [0.25, 0.3) is 0 Å². The second-order valence-electron chi connectivity index (χ2n) is 13.6. The van der Waals surface area contributed by atoms with E-state index in [2.05, 4.69) is 97.7 Å². The lowest BCUT2D eigenvalue weighted by molar-refractivity contribution is -0.278. The van der Waals surface area contributed by atoms with E-state index < -0.39 is 13.0 Å². The second-order valence-corrected chi connectivity index (χ2v) is 13.6. The molecule has 322 valence electrons. The van der Waals surface area contributed by atoms with Crippen molar-refractivity contribution in [2.45, 2.75) is 170 Å². The first-order chi connectivity index (χ1) is 27.5. The molecule has 0 fully saturated rings. The Bertz CT molecular complexity index is 932. The van der Waals surface area contributed by atoms with Crippen LogP contribution in [0.4, 0.5) is 0 Å². The van der Waals surface area contributed by atoms with Gasteiger partial charge in [-0.1, -0.05) is 134 Å². The summed E-state index contributed by atoms with van der Waals surface area (Å²) in [6.07, 6.45) is 44.4. The Balaban J connectivity index is 0. The fraction of sp³-hybridized carbons (Fsp3) is 0.640. The van der Waals surface area contributed by atoms with E-state index in [-0.39, 0.29) is 0 Å². The van der Waals surface area contributed by atoms with Gasteiger partial charge in [-0.25, -0.2) is 0 Å². The Morgan fingerprint density at radius 1 is 0.375 bits per heavy atom. The molecule has 0 aromatic heterocycles. The molecule has 56 heavy (non-hydrogen) atoms. The number of ether oxygens (including phenoxy) is 6. The highest BCUT2D eigenvalue weighted by molar-refractivity contribution is 5.03. The third-order valence-corrected chi connectivity index (χ3v) is 8.56. The van der Waals surface area contributed by atoms with E-state index in [1.54, 1.807) is 0 Å². The minimum atomic E-state index is -0.659. The molecule has 0 aliphatic heterocycles. The summed E-state index contributed by atoms with van der Waals surface area (Å²) in [5.41, 5.74) is 3.94. The molecule has 0 unspecified atom stereocenters. The summed E-state index contributed by atoms with van der Waals surface area (Å²) in [6.45, 7) is 26.2. The zero-order chi connectivity index (χ0) is 41.6. The highest BCUT2D eigenvalue weighted by Gasteiger charge is 2.13. The van der Waals surface area contributed by atoms with Crippen LogP contribution in [0.15, 0.2) is 109 Å². The summed E-state index contributed by atoms with van der Waals surface area (Å²) in [5, 5.41) is 0. The highest BCUT2D eigenvalue weighted by atomic mass is 16.8. The third kappa shape index (κ3) is 39.6. The Morgan fingerprint density at radius 2 is 0.661 bits per heavy atom. The van der Waals surface area contributed by atoms with Crippen LogP contribution >= 0.6 is 0 Å². The largest absolute Gasteiger partial charge is 0.326 e. The van der Waals surface area contributed by atoms with Crippen molar-refractivity contribution >= 4 is 0 Å². The molecule has 0 radical (unpaired) electrons. The van der Waals surface area contributed by atoms with Crippen molar-refractivity contribution in [3.63, 3.8) is 0 Å². The van der Waals surface area contributed by atoms with Crippen molar-refractivity contribution in [1.82, 2.24) is 0 Å². The van der Waals surface area contributed by atoms with E-state index in [0.29, 0.717) is 39.6 Å². The van der Waals surface area contributed by atoms with E-state index in [4.69, 9.17) is 28.4 Å². The van der Waals surface area contributed by atoms with Gasteiger partial charge in [0.1, 0.15) is 0 Å². The van der Waals surface area contributed by atoms with E-state index in [1.165, 1.54) is 16.7 Å². The zero-order valence-electron chi connectivity index (χ0n) is 37.1. The van der Waals surface area contributed by atoms with Crippen molar-refractivity contribution < 1.29 is 28.4 Å². The van der Waals surface area contributed by atoms with Crippen LogP contribution in [-0.2, 0) is 28.4 Å². The smallest absolute Gasteiger partial charge is 0.272 e. The van der Waals surface area contributed by atoms with Gasteiger partial charge in [0, 0.05) is 0 Å². The first kappa shape index (κ1) is 55.5. The van der Waals surface area contributed by atoms with E-state index in [0.717, 1.165) is 116 Å². The first-order valence-electron chi connectivity index (χ1n) is 22.0. The van der Waals surface area contributed by atoms with Gasteiger partial charge in [-0.05, 0) is 113 Å². The van der Waals surface area contributed by atoms with E-state index in [1.807, 2.05) is 36.5 Å². The van der Waals surface area contributed by atoms with Gasteiger partial charge in [0.25, 0.3) is 13.0 Å². The number of unbranched alkanes of at least 4 members (excludes halogenated alkanes) is 9. The second kappa shape index (κ2) is 46.8. The maximum atomic E-state index is 6.02. The van der Waals surface area contributed by atoms with Crippen molar-refractivity contribution in [3.8, 4) is 0 Å². The maximum Gasteiger partial charge on any atom is 0.272 e. The molecule has 0 aromatic carbocycles. The van der Waals surface area contributed by atoms with Crippen LogP contribution in [0.5, 0.6) is 0 Å². The van der Waals surface area contributed by atoms with Crippen LogP contribution in [0.3, 0.4) is 0 Å². The topological polar surface area (TPSA) is 55.4 Å². The lowest BCUT2D eigenvalue weighted by atomic mass is 10.1. The SMILES string of the molecule is C=CCCCC=CCOC(OCC=CCCCC=C)OCC=CCCCC=C.CCCC=C(CC)COC(OCC(=CCCC)CC)OCC(=CCCC)CC. The Labute approximate surface area is 346 Å². The Kier molecular flexibility index (Phi) is 46.4. The lowest BCUT2D eigenvalue weighted by Crippen LogP contribution is -2.24. The molecule has 0 heterocycles. The minimum absolute atomic E-state index is 0.477. The van der Waals surface area contributed by atoms with Crippen molar-refractivity contribution in [3.05, 3.63) is 109 Å². The molecule has 0 spiro atoms. The molecule has 6 nitrogen and oxygen atoms in total. The van der Waals surface area contributed by atoms with Gasteiger partial charge >= 0.3 is 0 Å². The molecule has 0 bridgehead atoms. The van der Waals surface area contributed by atoms with Crippen LogP contribution in [0.2, 0.25) is 0 Å². The molecular formula is C50H86O6. The highest BCUT2D eigenvalue weighted by Crippen LogP contribution is 2.14. The predicted octanol–water partition coefficient (Wildman–Crippen LogP) is 14.8. The lowest BCUT2D eigenvalue weighted by Gasteiger charge is -2.21. The Hall–Kier alpha value is -2.58. The zero-order valence-corrected chi connectivity index (χ0v) is 37.1. The summed E-state index contributed by atoms with van der Waals surface area (Å²) in [5.74, 6) is 0. The van der Waals surface area contributed by atoms with Crippen LogP contribution in [0, 0.1) is 0 Å². The molecule has 0 N–H and O–H groups in total. The van der Waals surface area contributed by atoms with Gasteiger partial charge in [0.2, 0.25) is 0 Å². The summed E-state index contributed by atoms with van der Waals surface area (Å²) < 4.78 is 35.2. The molecule has 0 aliphatic rings. The first-order valence-corrected chi connectivity index (χ1v) is 22.0. The van der Waals surface area contributed by atoms with Gasteiger partial charge in [0.15, 0.2) is 0 Å². The number of rotatable bonds is 39.